The lowest BCUT2D eigenvalue weighted by Crippen LogP contribution is -2.45. The van der Waals surface area contributed by atoms with E-state index in [1.807, 2.05) is 24.3 Å². The zero-order chi connectivity index (χ0) is 13.7. The molecule has 1 fully saturated rings. The molecule has 1 atom stereocenters. The predicted octanol–water partition coefficient (Wildman–Crippen LogP) is 2.63. The maximum atomic E-state index is 12.1. The van der Waals surface area contributed by atoms with E-state index in [1.54, 1.807) is 0 Å². The van der Waals surface area contributed by atoms with Crippen LogP contribution < -0.4 is 11.1 Å². The summed E-state index contributed by atoms with van der Waals surface area (Å²) in [7, 11) is 0. The first-order valence-corrected chi connectivity index (χ1v) is 7.72. The number of hydrogen-bond donors (Lipinski definition) is 2. The summed E-state index contributed by atoms with van der Waals surface area (Å²) in [6.07, 6.45) is 5.34. The van der Waals surface area contributed by atoms with Crippen LogP contribution in [0.25, 0.3) is 0 Å². The molecule has 104 valence electrons. The van der Waals surface area contributed by atoms with Crippen LogP contribution in [-0.4, -0.2) is 18.5 Å². The van der Waals surface area contributed by atoms with Crippen molar-refractivity contribution in [1.29, 1.82) is 0 Å². The summed E-state index contributed by atoms with van der Waals surface area (Å²) >= 11 is 3.42. The number of halogens is 1. The minimum Gasteiger partial charge on any atom is -0.352 e. The van der Waals surface area contributed by atoms with Crippen LogP contribution in [-0.2, 0) is 11.2 Å². The molecule has 19 heavy (non-hydrogen) atoms. The van der Waals surface area contributed by atoms with Crippen LogP contribution in [0.2, 0.25) is 0 Å². The van der Waals surface area contributed by atoms with Gasteiger partial charge < -0.3 is 11.1 Å². The fourth-order valence-corrected chi connectivity index (χ4v) is 3.27. The van der Waals surface area contributed by atoms with E-state index >= 15 is 0 Å². The number of carbonyl (C=O) groups is 1. The smallest absolute Gasteiger partial charge is 0.224 e. The summed E-state index contributed by atoms with van der Waals surface area (Å²) in [5.41, 5.74) is 6.82. The number of nitrogens with one attached hydrogen (secondary N) is 1. The van der Waals surface area contributed by atoms with Crippen molar-refractivity contribution in [3.63, 3.8) is 0 Å². The molecule has 2 rings (SSSR count). The first-order chi connectivity index (χ1) is 9.19. The maximum absolute atomic E-state index is 12.1. The molecule has 1 unspecified atom stereocenters. The fraction of sp³-hybridized carbons (Fsp3) is 0.533. The summed E-state index contributed by atoms with van der Waals surface area (Å²) in [6.45, 7) is 0.537. The van der Waals surface area contributed by atoms with Crippen molar-refractivity contribution in [2.45, 2.75) is 38.1 Å². The number of carbonyl (C=O) groups excluding carboxylic acids is 1. The molecule has 1 saturated carbocycles. The first kappa shape index (κ1) is 14.5. The van der Waals surface area contributed by atoms with Gasteiger partial charge in [0.05, 0.1) is 6.42 Å². The van der Waals surface area contributed by atoms with Gasteiger partial charge in [0.2, 0.25) is 5.91 Å². The van der Waals surface area contributed by atoms with E-state index in [9.17, 15) is 4.79 Å². The molecular formula is C15H21BrN2O. The Morgan fingerprint density at radius 1 is 1.42 bits per heavy atom. The van der Waals surface area contributed by atoms with Gasteiger partial charge in [-0.1, -0.05) is 40.9 Å². The van der Waals surface area contributed by atoms with Gasteiger partial charge in [-0.15, -0.1) is 0 Å². The van der Waals surface area contributed by atoms with Gasteiger partial charge >= 0.3 is 0 Å². The van der Waals surface area contributed by atoms with E-state index in [0.717, 1.165) is 10.0 Å². The zero-order valence-electron chi connectivity index (χ0n) is 11.1. The largest absolute Gasteiger partial charge is 0.352 e. The fourth-order valence-electron chi connectivity index (χ4n) is 2.82. The Morgan fingerprint density at radius 3 is 2.79 bits per heavy atom. The average Bonchev–Trinajstić information content (AvgIpc) is 2.89. The molecule has 0 aromatic heterocycles. The Balaban J connectivity index is 1.89. The summed E-state index contributed by atoms with van der Waals surface area (Å²) in [5, 5.41) is 3.10. The van der Waals surface area contributed by atoms with Gasteiger partial charge in [-0.25, -0.2) is 0 Å². The van der Waals surface area contributed by atoms with Crippen molar-refractivity contribution in [1.82, 2.24) is 5.32 Å². The van der Waals surface area contributed by atoms with Crippen LogP contribution in [0.1, 0.15) is 31.2 Å². The Morgan fingerprint density at radius 2 is 2.16 bits per heavy atom. The molecule has 0 heterocycles. The normalized spacial score (nSPS) is 17.4. The molecule has 4 heteroatoms. The molecule has 0 bridgehead atoms. The Labute approximate surface area is 123 Å². The van der Waals surface area contributed by atoms with Crippen molar-refractivity contribution >= 4 is 21.8 Å². The van der Waals surface area contributed by atoms with E-state index in [2.05, 4.69) is 21.2 Å². The number of benzene rings is 1. The number of hydrogen-bond acceptors (Lipinski definition) is 2. The maximum Gasteiger partial charge on any atom is 0.224 e. The second-order valence-corrected chi connectivity index (χ2v) is 6.18. The number of nitrogens with two attached hydrogens (primary N) is 1. The third-order valence-corrected chi connectivity index (χ3v) is 4.32. The van der Waals surface area contributed by atoms with E-state index in [1.165, 1.54) is 25.7 Å². The van der Waals surface area contributed by atoms with Crippen molar-refractivity contribution in [3.05, 3.63) is 34.3 Å². The molecule has 0 aliphatic heterocycles. The van der Waals surface area contributed by atoms with Gasteiger partial charge in [-0.2, -0.15) is 0 Å². The first-order valence-electron chi connectivity index (χ1n) is 6.93. The Kier molecular flexibility index (Phi) is 5.40. The second kappa shape index (κ2) is 7.06. The van der Waals surface area contributed by atoms with Crippen LogP contribution >= 0.6 is 15.9 Å². The van der Waals surface area contributed by atoms with Gasteiger partial charge in [0.25, 0.3) is 0 Å². The lowest BCUT2D eigenvalue weighted by Gasteiger charge is -2.23. The molecular weight excluding hydrogens is 304 g/mol. The average molecular weight is 325 g/mol. The third kappa shape index (κ3) is 4.32. The van der Waals surface area contributed by atoms with Gasteiger partial charge in [0, 0.05) is 17.1 Å². The molecule has 3 nitrogen and oxygen atoms in total. The Bertz CT molecular complexity index is 430. The monoisotopic (exact) mass is 324 g/mol. The van der Waals surface area contributed by atoms with E-state index in [4.69, 9.17) is 5.73 Å². The topological polar surface area (TPSA) is 55.1 Å². The van der Waals surface area contributed by atoms with Crippen LogP contribution in [0, 0.1) is 5.92 Å². The molecule has 0 radical (unpaired) electrons. The zero-order valence-corrected chi connectivity index (χ0v) is 12.7. The molecule has 3 N–H and O–H groups in total. The van der Waals surface area contributed by atoms with Crippen LogP contribution in [0.15, 0.2) is 28.7 Å². The van der Waals surface area contributed by atoms with Crippen molar-refractivity contribution < 1.29 is 4.79 Å². The summed E-state index contributed by atoms with van der Waals surface area (Å²) in [4.78, 5) is 12.1. The van der Waals surface area contributed by atoms with Crippen molar-refractivity contribution in [2.75, 3.05) is 6.54 Å². The highest BCUT2D eigenvalue weighted by Crippen LogP contribution is 2.27. The SMILES string of the molecule is NCC(NC(=O)Cc1cccc(Br)c1)C1CCCC1. The van der Waals surface area contributed by atoms with Crippen LogP contribution in [0.5, 0.6) is 0 Å². The molecule has 0 spiro atoms. The molecule has 1 aliphatic carbocycles. The Hall–Kier alpha value is -0.870. The van der Waals surface area contributed by atoms with Crippen LogP contribution in [0.4, 0.5) is 0 Å². The standard InChI is InChI=1S/C15H21BrN2O/c16-13-7-3-4-11(8-13)9-15(19)18-14(10-17)12-5-1-2-6-12/h3-4,7-8,12,14H,1-2,5-6,9-10,17H2,(H,18,19). The van der Waals surface area contributed by atoms with E-state index in [0.29, 0.717) is 18.9 Å². The predicted molar refractivity (Wildman–Crippen MR) is 80.8 cm³/mol. The van der Waals surface area contributed by atoms with Gasteiger partial charge in [0.1, 0.15) is 0 Å². The highest BCUT2D eigenvalue weighted by molar-refractivity contribution is 9.10. The molecule has 1 aliphatic rings. The van der Waals surface area contributed by atoms with Gasteiger partial charge in [0.15, 0.2) is 0 Å². The summed E-state index contributed by atoms with van der Waals surface area (Å²) < 4.78 is 1.00. The molecule has 0 saturated heterocycles. The summed E-state index contributed by atoms with van der Waals surface area (Å²) in [5.74, 6) is 0.636. The second-order valence-electron chi connectivity index (χ2n) is 5.26. The molecule has 1 aromatic carbocycles. The lowest BCUT2D eigenvalue weighted by atomic mass is 9.98. The lowest BCUT2D eigenvalue weighted by molar-refractivity contribution is -0.121. The van der Waals surface area contributed by atoms with Crippen molar-refractivity contribution in [2.24, 2.45) is 11.7 Å². The number of amides is 1. The van der Waals surface area contributed by atoms with Gasteiger partial charge in [-0.3, -0.25) is 4.79 Å². The van der Waals surface area contributed by atoms with Crippen molar-refractivity contribution in [3.8, 4) is 0 Å². The quantitative estimate of drug-likeness (QED) is 0.874. The summed E-state index contributed by atoms with van der Waals surface area (Å²) in [6, 6.07) is 8.00. The van der Waals surface area contributed by atoms with E-state index < -0.39 is 0 Å². The minimum atomic E-state index is 0.0699. The van der Waals surface area contributed by atoms with Gasteiger partial charge in [-0.05, 0) is 36.5 Å². The highest BCUT2D eigenvalue weighted by atomic mass is 79.9. The van der Waals surface area contributed by atoms with E-state index in [-0.39, 0.29) is 11.9 Å². The third-order valence-electron chi connectivity index (χ3n) is 3.82. The van der Waals surface area contributed by atoms with Crippen LogP contribution in [0.3, 0.4) is 0 Å². The highest BCUT2D eigenvalue weighted by Gasteiger charge is 2.25. The molecule has 1 amide bonds. The minimum absolute atomic E-state index is 0.0699. The number of rotatable bonds is 5. The molecule has 1 aromatic rings.